The number of aliphatic carboxylic acids is 1. The van der Waals surface area contributed by atoms with Gasteiger partial charge in [0.05, 0.1) is 11.5 Å². The van der Waals surface area contributed by atoms with Crippen LogP contribution in [0.4, 0.5) is 0 Å². The fourth-order valence-electron chi connectivity index (χ4n) is 3.93. The predicted molar refractivity (Wildman–Crippen MR) is 130 cm³/mol. The monoisotopic (exact) mass is 480 g/mol. The molecule has 3 aromatic carbocycles. The van der Waals surface area contributed by atoms with Crippen molar-refractivity contribution in [3.8, 4) is 22.6 Å². The normalized spacial score (nSPS) is 13.5. The molecule has 4 rings (SSSR count). The van der Waals surface area contributed by atoms with E-state index in [1.807, 2.05) is 12.1 Å². The molecule has 34 heavy (non-hydrogen) atoms. The van der Waals surface area contributed by atoms with E-state index in [9.17, 15) is 13.2 Å². The topological polar surface area (TPSA) is 89.9 Å². The molecule has 1 saturated carbocycles. The molecule has 1 N–H and O–H groups in total. The summed E-state index contributed by atoms with van der Waals surface area (Å²) < 4.78 is 35.8. The number of rotatable bonds is 10. The fourth-order valence-corrected chi connectivity index (χ4v) is 4.98. The summed E-state index contributed by atoms with van der Waals surface area (Å²) in [6.07, 6.45) is 2.53. The van der Waals surface area contributed by atoms with Crippen molar-refractivity contribution in [1.82, 2.24) is 0 Å². The number of sulfone groups is 1. The molecule has 0 aromatic heterocycles. The highest BCUT2D eigenvalue weighted by Crippen LogP contribution is 2.34. The van der Waals surface area contributed by atoms with Crippen LogP contribution in [0.25, 0.3) is 11.1 Å². The van der Waals surface area contributed by atoms with Gasteiger partial charge in [-0.3, -0.25) is 4.79 Å². The summed E-state index contributed by atoms with van der Waals surface area (Å²) in [6.45, 7) is 5.29. The molecule has 7 heteroatoms. The van der Waals surface area contributed by atoms with Crippen molar-refractivity contribution in [3.05, 3.63) is 77.4 Å². The van der Waals surface area contributed by atoms with Crippen molar-refractivity contribution >= 4 is 15.8 Å². The molecule has 1 aliphatic carbocycles. The summed E-state index contributed by atoms with van der Waals surface area (Å²) in [5.74, 6) is -0.191. The average molecular weight is 481 g/mol. The van der Waals surface area contributed by atoms with Crippen LogP contribution in [0.15, 0.2) is 65.6 Å². The summed E-state index contributed by atoms with van der Waals surface area (Å²) in [5.41, 5.74) is 5.56. The minimum absolute atomic E-state index is 0.0419. The predicted octanol–water partition coefficient (Wildman–Crippen LogP) is 5.20. The Kier molecular flexibility index (Phi) is 6.93. The molecule has 3 aromatic rings. The summed E-state index contributed by atoms with van der Waals surface area (Å²) in [7, 11) is -3.86. The molecule has 0 radical (unpaired) electrons. The molecule has 0 bridgehead atoms. The summed E-state index contributed by atoms with van der Waals surface area (Å²) in [4.78, 5) is 10.7. The minimum atomic E-state index is -3.86. The molecule has 1 fully saturated rings. The molecule has 6 nitrogen and oxygen atoms in total. The van der Waals surface area contributed by atoms with Gasteiger partial charge < -0.3 is 14.6 Å². The first kappa shape index (κ1) is 23.8. The molecule has 0 spiro atoms. The number of carboxylic acids is 1. The molecular weight excluding hydrogens is 452 g/mol. The van der Waals surface area contributed by atoms with Crippen molar-refractivity contribution in [2.45, 2.75) is 38.2 Å². The van der Waals surface area contributed by atoms with Gasteiger partial charge in [0.25, 0.3) is 0 Å². The van der Waals surface area contributed by atoms with Crippen LogP contribution in [0.2, 0.25) is 0 Å². The maximum atomic E-state index is 12.0. The third kappa shape index (κ3) is 5.97. The lowest BCUT2D eigenvalue weighted by Gasteiger charge is -2.15. The van der Waals surface area contributed by atoms with E-state index in [1.165, 1.54) is 42.7 Å². The molecule has 0 unspecified atom stereocenters. The van der Waals surface area contributed by atoms with Crippen molar-refractivity contribution in [2.24, 2.45) is 5.92 Å². The molecule has 0 atom stereocenters. The van der Waals surface area contributed by atoms with Gasteiger partial charge >= 0.3 is 5.97 Å². The van der Waals surface area contributed by atoms with Crippen LogP contribution in [0.1, 0.15) is 29.5 Å². The fraction of sp³-hybridized carbons (Fsp3) is 0.296. The molecule has 0 heterocycles. The first-order chi connectivity index (χ1) is 16.2. The van der Waals surface area contributed by atoms with Gasteiger partial charge in [-0.2, -0.15) is 0 Å². The molecule has 0 aliphatic heterocycles. The lowest BCUT2D eigenvalue weighted by molar-refractivity contribution is -0.134. The van der Waals surface area contributed by atoms with Crippen molar-refractivity contribution in [2.75, 3.05) is 12.4 Å². The van der Waals surface area contributed by atoms with Gasteiger partial charge in [0.1, 0.15) is 18.1 Å². The zero-order valence-electron chi connectivity index (χ0n) is 19.3. The van der Waals surface area contributed by atoms with Crippen molar-refractivity contribution < 1.29 is 27.8 Å². The Bertz CT molecular complexity index is 1270. The second-order valence-electron chi connectivity index (χ2n) is 8.80. The van der Waals surface area contributed by atoms with E-state index in [2.05, 4.69) is 38.1 Å². The van der Waals surface area contributed by atoms with E-state index in [4.69, 9.17) is 14.6 Å². The highest BCUT2D eigenvalue weighted by Gasteiger charge is 2.22. The van der Waals surface area contributed by atoms with Gasteiger partial charge in [-0.25, -0.2) is 8.42 Å². The van der Waals surface area contributed by atoms with Crippen LogP contribution in [0, 0.1) is 19.8 Å². The Morgan fingerprint density at radius 1 is 0.941 bits per heavy atom. The second-order valence-corrected chi connectivity index (χ2v) is 10.8. The molecule has 178 valence electrons. The molecule has 0 amide bonds. The maximum Gasteiger partial charge on any atom is 0.319 e. The Morgan fingerprint density at radius 3 is 2.24 bits per heavy atom. The van der Waals surface area contributed by atoms with E-state index in [0.29, 0.717) is 18.3 Å². The zero-order chi connectivity index (χ0) is 24.3. The maximum absolute atomic E-state index is 12.0. The van der Waals surface area contributed by atoms with E-state index in [1.54, 1.807) is 0 Å². The van der Waals surface area contributed by atoms with E-state index >= 15 is 0 Å². The third-order valence-electron chi connectivity index (χ3n) is 5.81. The van der Waals surface area contributed by atoms with Crippen LogP contribution in [-0.4, -0.2) is 31.9 Å². The van der Waals surface area contributed by atoms with Gasteiger partial charge in [0.2, 0.25) is 0 Å². The molecular formula is C27H28O6S. The average Bonchev–Trinajstić information content (AvgIpc) is 3.60. The number of aryl methyl sites for hydroxylation is 2. The summed E-state index contributed by atoms with van der Waals surface area (Å²) in [5, 5.41) is 8.76. The van der Waals surface area contributed by atoms with Gasteiger partial charge in [-0.15, -0.1) is 0 Å². The van der Waals surface area contributed by atoms with Gasteiger partial charge in [0, 0.05) is 0 Å². The van der Waals surface area contributed by atoms with Crippen LogP contribution >= 0.6 is 0 Å². The molecule has 1 aliphatic rings. The number of carbonyl (C=O) groups is 1. The number of carboxylic acid groups (broad SMARTS) is 1. The van der Waals surface area contributed by atoms with E-state index in [-0.39, 0.29) is 4.90 Å². The summed E-state index contributed by atoms with van der Waals surface area (Å²) in [6, 6.07) is 18.1. The smallest absolute Gasteiger partial charge is 0.319 e. The van der Waals surface area contributed by atoms with Crippen molar-refractivity contribution in [1.29, 1.82) is 0 Å². The SMILES string of the molecule is Cc1cc(OCC2CC2)cc(C)c1-c1cccc(COc2ccc(S(=O)(=O)CC(=O)O)cc2)c1. The summed E-state index contributed by atoms with van der Waals surface area (Å²) >= 11 is 0. The quantitative estimate of drug-likeness (QED) is 0.429. The Labute approximate surface area is 200 Å². The van der Waals surface area contributed by atoms with Crippen molar-refractivity contribution in [3.63, 3.8) is 0 Å². The lowest BCUT2D eigenvalue weighted by atomic mass is 9.94. The van der Waals surface area contributed by atoms with Gasteiger partial charge in [-0.05, 0) is 103 Å². The minimum Gasteiger partial charge on any atom is -0.493 e. The number of benzene rings is 3. The highest BCUT2D eigenvalue weighted by atomic mass is 32.2. The first-order valence-electron chi connectivity index (χ1n) is 11.2. The van der Waals surface area contributed by atoms with Crippen LogP contribution in [0.5, 0.6) is 11.5 Å². The second kappa shape index (κ2) is 9.89. The Morgan fingerprint density at radius 2 is 1.62 bits per heavy atom. The lowest BCUT2D eigenvalue weighted by Crippen LogP contribution is -2.15. The van der Waals surface area contributed by atoms with Crippen LogP contribution in [0.3, 0.4) is 0 Å². The van der Waals surface area contributed by atoms with E-state index < -0.39 is 21.6 Å². The van der Waals surface area contributed by atoms with E-state index in [0.717, 1.165) is 34.6 Å². The zero-order valence-corrected chi connectivity index (χ0v) is 20.1. The Balaban J connectivity index is 1.44. The number of ether oxygens (including phenoxy) is 2. The van der Waals surface area contributed by atoms with Crippen LogP contribution < -0.4 is 9.47 Å². The number of hydrogen-bond acceptors (Lipinski definition) is 5. The number of hydrogen-bond donors (Lipinski definition) is 1. The van der Waals surface area contributed by atoms with Gasteiger partial charge in [0.15, 0.2) is 15.6 Å². The largest absolute Gasteiger partial charge is 0.493 e. The first-order valence-corrected chi connectivity index (χ1v) is 12.9. The molecule has 0 saturated heterocycles. The third-order valence-corrected chi connectivity index (χ3v) is 7.42. The highest BCUT2D eigenvalue weighted by molar-refractivity contribution is 7.92. The van der Waals surface area contributed by atoms with Gasteiger partial charge in [-0.1, -0.05) is 18.2 Å². The standard InChI is InChI=1S/C27H28O6S/c1-18-12-24(33-15-20-6-7-20)13-19(2)27(18)22-5-3-4-21(14-22)16-32-23-8-10-25(11-9-23)34(30,31)17-26(28)29/h3-5,8-14,20H,6-7,15-17H2,1-2H3,(H,28,29). The van der Waals surface area contributed by atoms with Crippen LogP contribution in [-0.2, 0) is 21.2 Å². The Hall–Kier alpha value is -3.32.